The zero-order valence-electron chi connectivity index (χ0n) is 19.4. The van der Waals surface area contributed by atoms with Gasteiger partial charge in [-0.15, -0.1) is 0 Å². The van der Waals surface area contributed by atoms with E-state index < -0.39 is 28.9 Å². The van der Waals surface area contributed by atoms with Crippen LogP contribution in [0.4, 0.5) is 14.9 Å². The largest absolute Gasteiger partial charge is 0.477 e. The number of carboxylic acids is 1. The van der Waals surface area contributed by atoms with E-state index >= 15 is 4.39 Å². The van der Waals surface area contributed by atoms with Crippen molar-refractivity contribution in [1.82, 2.24) is 9.88 Å². The predicted molar refractivity (Wildman–Crippen MR) is 123 cm³/mol. The van der Waals surface area contributed by atoms with Gasteiger partial charge in [0.05, 0.1) is 11.2 Å². The molecule has 33 heavy (non-hydrogen) atoms. The van der Waals surface area contributed by atoms with Crippen LogP contribution in [0, 0.1) is 11.7 Å². The van der Waals surface area contributed by atoms with E-state index in [0.717, 1.165) is 25.3 Å². The van der Waals surface area contributed by atoms with Gasteiger partial charge >= 0.3 is 12.1 Å². The van der Waals surface area contributed by atoms with Crippen LogP contribution in [0.3, 0.4) is 0 Å². The number of nitrogens with one attached hydrogen (secondary N) is 1. The first-order valence-electron chi connectivity index (χ1n) is 11.3. The first-order valence-corrected chi connectivity index (χ1v) is 11.3. The van der Waals surface area contributed by atoms with Gasteiger partial charge in [0.25, 0.3) is 0 Å². The summed E-state index contributed by atoms with van der Waals surface area (Å²) >= 11 is 0. The second-order valence-electron chi connectivity index (χ2n) is 10.1. The van der Waals surface area contributed by atoms with Gasteiger partial charge in [-0.3, -0.25) is 4.79 Å². The Morgan fingerprint density at radius 2 is 1.94 bits per heavy atom. The molecule has 2 aliphatic rings. The van der Waals surface area contributed by atoms with Gasteiger partial charge in [0.1, 0.15) is 17.0 Å². The monoisotopic (exact) mass is 459 g/mol. The van der Waals surface area contributed by atoms with Gasteiger partial charge in [0, 0.05) is 36.8 Å². The molecule has 9 heteroatoms. The Kier molecular flexibility index (Phi) is 5.84. The minimum Gasteiger partial charge on any atom is -0.477 e. The summed E-state index contributed by atoms with van der Waals surface area (Å²) in [6, 6.07) is 2.78. The van der Waals surface area contributed by atoms with Gasteiger partial charge in [-0.2, -0.15) is 0 Å². The summed E-state index contributed by atoms with van der Waals surface area (Å²) in [4.78, 5) is 38.2. The Labute approximate surface area is 191 Å². The van der Waals surface area contributed by atoms with E-state index in [4.69, 9.17) is 4.74 Å². The molecule has 0 unspecified atom stereocenters. The van der Waals surface area contributed by atoms with Crippen LogP contribution < -0.4 is 15.6 Å². The van der Waals surface area contributed by atoms with Crippen LogP contribution in [0.15, 0.2) is 23.1 Å². The van der Waals surface area contributed by atoms with E-state index in [1.54, 1.807) is 31.4 Å². The van der Waals surface area contributed by atoms with E-state index in [1.807, 2.05) is 11.8 Å². The Bertz CT molecular complexity index is 1170. The molecule has 0 radical (unpaired) electrons. The fraction of sp³-hybridized carbons (Fsp3) is 0.542. The van der Waals surface area contributed by atoms with E-state index in [-0.39, 0.29) is 29.0 Å². The van der Waals surface area contributed by atoms with E-state index in [0.29, 0.717) is 24.3 Å². The number of carboxylic acid groups (broad SMARTS) is 1. The Morgan fingerprint density at radius 1 is 1.24 bits per heavy atom. The van der Waals surface area contributed by atoms with Gasteiger partial charge in [-0.05, 0) is 65.0 Å². The molecular formula is C24H30FN3O5. The molecule has 1 aliphatic heterocycles. The summed E-state index contributed by atoms with van der Waals surface area (Å²) in [6.07, 6.45) is 3.45. The zero-order chi connectivity index (χ0) is 24.1. The highest BCUT2D eigenvalue weighted by Crippen LogP contribution is 2.38. The standard InChI is InChI=1S/C24H30FN3O5/c1-13(26-23(32)33-24(2,3)4)14-7-8-27(11-14)20-10-19-16(9-18(20)25)21(29)17(22(30)31)12-28(19)15-5-6-15/h9-10,12-15H,5-8,11H2,1-4H3,(H,26,32)(H,30,31)/t13-,14+/m0/s1. The number of pyridine rings is 1. The van der Waals surface area contributed by atoms with Crippen molar-refractivity contribution in [1.29, 1.82) is 0 Å². The van der Waals surface area contributed by atoms with Crippen LogP contribution >= 0.6 is 0 Å². The minimum absolute atomic E-state index is 0.0822. The van der Waals surface area contributed by atoms with Gasteiger partial charge in [-0.25, -0.2) is 14.0 Å². The molecule has 1 aromatic heterocycles. The number of rotatable bonds is 5. The average molecular weight is 460 g/mol. The second-order valence-corrected chi connectivity index (χ2v) is 10.1. The molecule has 1 saturated carbocycles. The zero-order valence-corrected chi connectivity index (χ0v) is 19.4. The van der Waals surface area contributed by atoms with E-state index in [9.17, 15) is 19.5 Å². The second kappa shape index (κ2) is 8.35. The third-order valence-electron chi connectivity index (χ3n) is 6.29. The van der Waals surface area contributed by atoms with Crippen LogP contribution in [-0.4, -0.2) is 46.5 Å². The number of carbonyl (C=O) groups is 2. The van der Waals surface area contributed by atoms with Crippen molar-refractivity contribution in [3.63, 3.8) is 0 Å². The highest BCUT2D eigenvalue weighted by Gasteiger charge is 2.32. The molecule has 2 atom stereocenters. The molecule has 8 nitrogen and oxygen atoms in total. The number of aromatic carboxylic acids is 1. The summed E-state index contributed by atoms with van der Waals surface area (Å²) < 4.78 is 22.3. The number of fused-ring (bicyclic) bond motifs is 1. The minimum atomic E-state index is -1.31. The molecule has 1 aliphatic carbocycles. The quantitative estimate of drug-likeness (QED) is 0.703. The van der Waals surface area contributed by atoms with Crippen molar-refractivity contribution in [3.8, 4) is 0 Å². The normalized spacial score (nSPS) is 19.5. The summed E-state index contributed by atoms with van der Waals surface area (Å²) in [5, 5.41) is 12.4. The maximum atomic E-state index is 15.1. The smallest absolute Gasteiger partial charge is 0.407 e. The molecule has 178 valence electrons. The Balaban J connectivity index is 1.59. The molecule has 2 aromatic rings. The van der Waals surface area contributed by atoms with E-state index in [2.05, 4.69) is 5.32 Å². The molecule has 2 N–H and O–H groups in total. The lowest BCUT2D eigenvalue weighted by molar-refractivity contribution is 0.0494. The van der Waals surface area contributed by atoms with Gasteiger partial charge < -0.3 is 24.6 Å². The number of halogens is 1. The van der Waals surface area contributed by atoms with Gasteiger partial charge in [-0.1, -0.05) is 0 Å². The highest BCUT2D eigenvalue weighted by atomic mass is 19.1. The molecule has 2 heterocycles. The maximum absolute atomic E-state index is 15.1. The molecule has 4 rings (SSSR count). The Hall–Kier alpha value is -3.10. The fourth-order valence-corrected chi connectivity index (χ4v) is 4.43. The summed E-state index contributed by atoms with van der Waals surface area (Å²) in [6.45, 7) is 8.47. The number of carbonyl (C=O) groups excluding carboxylic acids is 1. The summed E-state index contributed by atoms with van der Waals surface area (Å²) in [5.41, 5.74) is -0.671. The van der Waals surface area contributed by atoms with Crippen molar-refractivity contribution in [2.75, 3.05) is 18.0 Å². The molecule has 0 spiro atoms. The molecule has 1 amide bonds. The van der Waals surface area contributed by atoms with Crippen LogP contribution in [0.1, 0.15) is 63.4 Å². The molecule has 1 saturated heterocycles. The molecule has 1 aromatic carbocycles. The van der Waals surface area contributed by atoms with Crippen molar-refractivity contribution < 1.29 is 23.8 Å². The van der Waals surface area contributed by atoms with Gasteiger partial charge in [0.2, 0.25) is 5.43 Å². The van der Waals surface area contributed by atoms with Gasteiger partial charge in [0.15, 0.2) is 0 Å². The number of hydrogen-bond donors (Lipinski definition) is 2. The number of nitrogens with zero attached hydrogens (tertiary/aromatic N) is 2. The summed E-state index contributed by atoms with van der Waals surface area (Å²) in [5.74, 6) is -1.76. The Morgan fingerprint density at radius 3 is 2.55 bits per heavy atom. The van der Waals surface area contributed by atoms with E-state index in [1.165, 1.54) is 6.20 Å². The maximum Gasteiger partial charge on any atom is 0.407 e. The van der Waals surface area contributed by atoms with Crippen molar-refractivity contribution >= 4 is 28.7 Å². The van der Waals surface area contributed by atoms with Crippen molar-refractivity contribution in [2.24, 2.45) is 5.92 Å². The lowest BCUT2D eigenvalue weighted by atomic mass is 10.0. The topological polar surface area (TPSA) is 101 Å². The van der Waals surface area contributed by atoms with Crippen molar-refractivity contribution in [2.45, 2.75) is 64.6 Å². The number of anilines is 1. The van der Waals surface area contributed by atoms with Crippen LogP contribution in [-0.2, 0) is 4.74 Å². The van der Waals surface area contributed by atoms with Crippen LogP contribution in [0.5, 0.6) is 0 Å². The number of alkyl carbamates (subject to hydrolysis) is 1. The van der Waals surface area contributed by atoms with Crippen LogP contribution in [0.2, 0.25) is 0 Å². The summed E-state index contributed by atoms with van der Waals surface area (Å²) in [7, 11) is 0. The SMILES string of the molecule is C[C@H](NC(=O)OC(C)(C)C)[C@@H]1CCN(c2cc3c(cc2F)c(=O)c(C(=O)O)cn3C2CC2)C1. The van der Waals surface area contributed by atoms with Crippen LogP contribution in [0.25, 0.3) is 10.9 Å². The number of ether oxygens (including phenoxy) is 1. The molecule has 0 bridgehead atoms. The lowest BCUT2D eigenvalue weighted by Crippen LogP contribution is -2.42. The molecule has 2 fully saturated rings. The molecular weight excluding hydrogens is 429 g/mol. The number of hydrogen-bond acceptors (Lipinski definition) is 5. The van der Waals surface area contributed by atoms with Crippen molar-refractivity contribution in [3.05, 3.63) is 39.9 Å². The third kappa shape index (κ3) is 4.82. The number of benzene rings is 1. The fourth-order valence-electron chi connectivity index (χ4n) is 4.43. The predicted octanol–water partition coefficient (Wildman–Crippen LogP) is 3.91. The first kappa shape index (κ1) is 23.1. The lowest BCUT2D eigenvalue weighted by Gasteiger charge is -2.25. The third-order valence-corrected chi connectivity index (χ3v) is 6.29. The number of amides is 1. The highest BCUT2D eigenvalue weighted by molar-refractivity contribution is 5.93. The number of aromatic nitrogens is 1. The average Bonchev–Trinajstić information content (AvgIpc) is 3.42. The first-order chi connectivity index (χ1) is 15.4.